The van der Waals surface area contributed by atoms with Crippen molar-refractivity contribution < 1.29 is 14.7 Å². The molecule has 0 amide bonds. The third-order valence-electron chi connectivity index (χ3n) is 1.55. The molecule has 3 nitrogen and oxygen atoms in total. The first kappa shape index (κ1) is 8.46. The molecule has 0 unspecified atom stereocenters. The number of carbonyl (C=O) groups excluding carboxylic acids is 1. The Kier molecular flexibility index (Phi) is 2.58. The van der Waals surface area contributed by atoms with Crippen molar-refractivity contribution in [2.75, 3.05) is 0 Å². The maximum Gasteiger partial charge on any atom is 0.328 e. The zero-order valence-corrected chi connectivity index (χ0v) is 6.36. The first-order valence-corrected chi connectivity index (χ1v) is 3.50. The molecular weight excluding hydrogens is 156 g/mol. The van der Waals surface area contributed by atoms with E-state index in [1.165, 1.54) is 0 Å². The van der Waals surface area contributed by atoms with E-state index in [1.54, 1.807) is 12.2 Å². The van der Waals surface area contributed by atoms with Gasteiger partial charge in [0.15, 0.2) is 0 Å². The van der Waals surface area contributed by atoms with E-state index in [0.717, 1.165) is 6.08 Å². The SMILES string of the molecule is O=CC1=CC=CCC1=CC(=O)O. The van der Waals surface area contributed by atoms with Crippen LogP contribution in [0, 0.1) is 0 Å². The van der Waals surface area contributed by atoms with Crippen molar-refractivity contribution in [2.45, 2.75) is 6.42 Å². The van der Waals surface area contributed by atoms with Gasteiger partial charge in [-0.2, -0.15) is 0 Å². The highest BCUT2D eigenvalue weighted by Crippen LogP contribution is 2.17. The second-order valence-electron chi connectivity index (χ2n) is 2.38. The summed E-state index contributed by atoms with van der Waals surface area (Å²) >= 11 is 0. The lowest BCUT2D eigenvalue weighted by molar-refractivity contribution is -0.131. The van der Waals surface area contributed by atoms with Crippen molar-refractivity contribution in [2.24, 2.45) is 0 Å². The zero-order valence-electron chi connectivity index (χ0n) is 6.36. The smallest absolute Gasteiger partial charge is 0.328 e. The maximum atomic E-state index is 10.4. The van der Waals surface area contributed by atoms with Crippen molar-refractivity contribution in [3.8, 4) is 0 Å². The molecule has 0 saturated carbocycles. The molecule has 62 valence electrons. The zero-order chi connectivity index (χ0) is 8.97. The fourth-order valence-electron chi connectivity index (χ4n) is 0.998. The average molecular weight is 164 g/mol. The number of hydrogen-bond acceptors (Lipinski definition) is 2. The van der Waals surface area contributed by atoms with Gasteiger partial charge in [0.25, 0.3) is 0 Å². The summed E-state index contributed by atoms with van der Waals surface area (Å²) in [6.45, 7) is 0. The number of allylic oxidation sites excluding steroid dienone is 5. The monoisotopic (exact) mass is 164 g/mol. The molecule has 1 aliphatic carbocycles. The lowest BCUT2D eigenvalue weighted by Gasteiger charge is -2.05. The number of carbonyl (C=O) groups is 2. The third-order valence-corrected chi connectivity index (χ3v) is 1.55. The fourth-order valence-corrected chi connectivity index (χ4v) is 0.998. The van der Waals surface area contributed by atoms with Crippen LogP contribution in [0.3, 0.4) is 0 Å². The number of carboxylic acid groups (broad SMARTS) is 1. The molecule has 0 aromatic heterocycles. The lowest BCUT2D eigenvalue weighted by Crippen LogP contribution is -1.98. The van der Waals surface area contributed by atoms with Crippen LogP contribution in [0.4, 0.5) is 0 Å². The van der Waals surface area contributed by atoms with Gasteiger partial charge in [0, 0.05) is 11.6 Å². The highest BCUT2D eigenvalue weighted by atomic mass is 16.4. The van der Waals surface area contributed by atoms with Crippen LogP contribution in [0.5, 0.6) is 0 Å². The highest BCUT2D eigenvalue weighted by molar-refractivity contribution is 5.88. The molecule has 3 heteroatoms. The van der Waals surface area contributed by atoms with Crippen LogP contribution in [0.2, 0.25) is 0 Å². The van der Waals surface area contributed by atoms with Crippen LogP contribution in [0.15, 0.2) is 35.5 Å². The maximum absolute atomic E-state index is 10.4. The van der Waals surface area contributed by atoms with E-state index >= 15 is 0 Å². The van der Waals surface area contributed by atoms with Crippen molar-refractivity contribution in [1.29, 1.82) is 0 Å². The van der Waals surface area contributed by atoms with Crippen molar-refractivity contribution >= 4 is 12.3 Å². The molecule has 1 rings (SSSR count). The molecular formula is C9H8O3. The first-order valence-electron chi connectivity index (χ1n) is 3.50. The minimum atomic E-state index is -1.02. The van der Waals surface area contributed by atoms with E-state index in [9.17, 15) is 9.59 Å². The van der Waals surface area contributed by atoms with Crippen LogP contribution in [0.25, 0.3) is 0 Å². The van der Waals surface area contributed by atoms with Crippen molar-refractivity contribution in [3.63, 3.8) is 0 Å². The summed E-state index contributed by atoms with van der Waals surface area (Å²) in [5.74, 6) is -1.02. The van der Waals surface area contributed by atoms with Gasteiger partial charge < -0.3 is 5.11 Å². The summed E-state index contributed by atoms with van der Waals surface area (Å²) in [6, 6.07) is 0. The molecule has 0 heterocycles. The second kappa shape index (κ2) is 3.67. The summed E-state index contributed by atoms with van der Waals surface area (Å²) in [6.07, 6.45) is 7.38. The van der Waals surface area contributed by atoms with Gasteiger partial charge in [-0.1, -0.05) is 18.2 Å². The Hall–Kier alpha value is -1.64. The Balaban J connectivity index is 2.93. The quantitative estimate of drug-likeness (QED) is 0.490. The Bertz CT molecular complexity index is 295. The van der Waals surface area contributed by atoms with E-state index in [0.29, 0.717) is 23.9 Å². The van der Waals surface area contributed by atoms with Crippen molar-refractivity contribution in [3.05, 3.63) is 35.5 Å². The standard InChI is InChI=1S/C9H8O3/c10-6-8-4-2-1-3-7(8)5-9(11)12/h1-2,4-6H,3H2,(H,11,12). The molecule has 0 bridgehead atoms. The van der Waals surface area contributed by atoms with E-state index in [1.807, 2.05) is 6.08 Å². The summed E-state index contributed by atoms with van der Waals surface area (Å²) in [7, 11) is 0. The molecule has 0 radical (unpaired) electrons. The van der Waals surface area contributed by atoms with Crippen LogP contribution in [-0.2, 0) is 9.59 Å². The van der Waals surface area contributed by atoms with Gasteiger partial charge in [-0.25, -0.2) is 4.79 Å². The van der Waals surface area contributed by atoms with Gasteiger partial charge in [-0.3, -0.25) is 4.79 Å². The second-order valence-corrected chi connectivity index (χ2v) is 2.38. The van der Waals surface area contributed by atoms with E-state index in [-0.39, 0.29) is 0 Å². The normalized spacial score (nSPS) is 19.0. The summed E-state index contributed by atoms with van der Waals surface area (Å²) in [4.78, 5) is 20.7. The van der Waals surface area contributed by atoms with Crippen LogP contribution in [-0.4, -0.2) is 17.4 Å². The Morgan fingerprint density at radius 2 is 2.33 bits per heavy atom. The topological polar surface area (TPSA) is 54.4 Å². The number of rotatable bonds is 2. The van der Waals surface area contributed by atoms with Gasteiger partial charge >= 0.3 is 5.97 Å². The fraction of sp³-hybridized carbons (Fsp3) is 0.111. The van der Waals surface area contributed by atoms with Gasteiger partial charge in [0.1, 0.15) is 6.29 Å². The largest absolute Gasteiger partial charge is 0.478 e. The molecule has 1 N–H and O–H groups in total. The molecule has 0 aromatic rings. The number of aliphatic carboxylic acids is 1. The minimum Gasteiger partial charge on any atom is -0.478 e. The molecule has 0 fully saturated rings. The summed E-state index contributed by atoms with van der Waals surface area (Å²) in [5, 5.41) is 8.44. The molecule has 12 heavy (non-hydrogen) atoms. The molecule has 0 saturated heterocycles. The highest BCUT2D eigenvalue weighted by Gasteiger charge is 2.06. The Morgan fingerprint density at radius 1 is 1.58 bits per heavy atom. The van der Waals surface area contributed by atoms with Gasteiger partial charge in [0.05, 0.1) is 0 Å². The van der Waals surface area contributed by atoms with E-state index < -0.39 is 5.97 Å². The predicted molar refractivity (Wildman–Crippen MR) is 43.6 cm³/mol. The first-order chi connectivity index (χ1) is 5.74. The number of carboxylic acids is 1. The predicted octanol–water partition coefficient (Wildman–Crippen LogP) is 1.08. The number of aldehydes is 1. The van der Waals surface area contributed by atoms with E-state index in [4.69, 9.17) is 5.11 Å². The molecule has 0 spiro atoms. The Morgan fingerprint density at radius 3 is 2.92 bits per heavy atom. The summed E-state index contributed by atoms with van der Waals surface area (Å²) in [5.41, 5.74) is 1.000. The van der Waals surface area contributed by atoms with Gasteiger partial charge in [-0.15, -0.1) is 0 Å². The molecule has 0 aliphatic heterocycles. The minimum absolute atomic E-state index is 0.444. The lowest BCUT2D eigenvalue weighted by atomic mass is 9.99. The van der Waals surface area contributed by atoms with Crippen molar-refractivity contribution in [1.82, 2.24) is 0 Å². The van der Waals surface area contributed by atoms with Crippen LogP contribution in [0.1, 0.15) is 6.42 Å². The number of hydrogen-bond donors (Lipinski definition) is 1. The molecule has 0 aromatic carbocycles. The van der Waals surface area contributed by atoms with Crippen LogP contribution >= 0.6 is 0 Å². The third kappa shape index (κ3) is 1.92. The van der Waals surface area contributed by atoms with Gasteiger partial charge in [0.2, 0.25) is 0 Å². The Labute approximate surface area is 69.7 Å². The molecule has 0 atom stereocenters. The van der Waals surface area contributed by atoms with Gasteiger partial charge in [-0.05, 0) is 12.0 Å². The van der Waals surface area contributed by atoms with Crippen LogP contribution < -0.4 is 0 Å². The summed E-state index contributed by atoms with van der Waals surface area (Å²) < 4.78 is 0. The molecule has 1 aliphatic rings. The average Bonchev–Trinajstić information content (AvgIpc) is 2.04. The van der Waals surface area contributed by atoms with E-state index in [2.05, 4.69) is 0 Å².